The molecule has 0 saturated heterocycles. The summed E-state index contributed by atoms with van der Waals surface area (Å²) in [7, 11) is 1.62. The van der Waals surface area contributed by atoms with Gasteiger partial charge in [-0.1, -0.05) is 66.3 Å². The number of nitrogens with zero attached hydrogens (tertiary/aromatic N) is 3. The van der Waals surface area contributed by atoms with E-state index in [0.717, 1.165) is 22.2 Å². The van der Waals surface area contributed by atoms with E-state index in [1.54, 1.807) is 7.11 Å². The molecule has 4 aromatic rings. The fraction of sp³-hybridized carbons (Fsp3) is 0.125. The third-order valence-corrected chi connectivity index (χ3v) is 6.14. The predicted molar refractivity (Wildman–Crippen MR) is 129 cm³/mol. The van der Waals surface area contributed by atoms with Crippen LogP contribution in [0.3, 0.4) is 0 Å². The number of fused-ring (bicyclic) bond motifs is 1. The van der Waals surface area contributed by atoms with Crippen molar-refractivity contribution in [2.75, 3.05) is 12.9 Å². The molecule has 3 aromatic carbocycles. The lowest BCUT2D eigenvalue weighted by Gasteiger charge is -2.12. The highest BCUT2D eigenvalue weighted by Crippen LogP contribution is 2.26. The number of carbonyl (C=O) groups is 1. The van der Waals surface area contributed by atoms with Crippen LogP contribution in [0.15, 0.2) is 83.5 Å². The van der Waals surface area contributed by atoms with Crippen LogP contribution in [0.2, 0.25) is 0 Å². The summed E-state index contributed by atoms with van der Waals surface area (Å²) >= 11 is 7.37. The standard InChI is InChI=1S/C24H21ClN4O2S/c1-16(25)15-32-24-28-27-22(29(24)18-10-12-19(31-2)13-11-18)14-26-23(30)21-9-5-7-17-6-3-4-8-20(17)21/h3-13H,1,14-15H2,2H3,(H,26,30). The lowest BCUT2D eigenvalue weighted by Crippen LogP contribution is -2.25. The minimum atomic E-state index is -0.172. The SMILES string of the molecule is C=C(Cl)CSc1nnc(CNC(=O)c2cccc3ccccc23)n1-c1ccc(OC)cc1. The molecule has 0 bridgehead atoms. The summed E-state index contributed by atoms with van der Waals surface area (Å²) in [4.78, 5) is 13.0. The molecule has 0 fully saturated rings. The molecule has 4 rings (SSSR count). The van der Waals surface area contributed by atoms with Crippen molar-refractivity contribution in [2.45, 2.75) is 11.7 Å². The monoisotopic (exact) mass is 464 g/mol. The van der Waals surface area contributed by atoms with Gasteiger partial charge >= 0.3 is 0 Å². The highest BCUT2D eigenvalue weighted by atomic mass is 35.5. The number of hydrogen-bond donors (Lipinski definition) is 1. The summed E-state index contributed by atoms with van der Waals surface area (Å²) in [6.07, 6.45) is 0. The Labute approximate surface area is 195 Å². The van der Waals surface area contributed by atoms with E-state index in [0.29, 0.717) is 27.3 Å². The van der Waals surface area contributed by atoms with E-state index in [1.807, 2.05) is 71.3 Å². The zero-order valence-corrected chi connectivity index (χ0v) is 19.0. The second kappa shape index (κ2) is 9.89. The minimum absolute atomic E-state index is 0.172. The summed E-state index contributed by atoms with van der Waals surface area (Å²) in [6, 6.07) is 21.0. The minimum Gasteiger partial charge on any atom is -0.497 e. The van der Waals surface area contributed by atoms with Gasteiger partial charge in [-0.05, 0) is 41.1 Å². The average molecular weight is 465 g/mol. The molecule has 0 saturated carbocycles. The number of carbonyl (C=O) groups excluding carboxylic acids is 1. The van der Waals surface area contributed by atoms with Crippen molar-refractivity contribution in [2.24, 2.45) is 0 Å². The van der Waals surface area contributed by atoms with E-state index < -0.39 is 0 Å². The van der Waals surface area contributed by atoms with Gasteiger partial charge in [-0.2, -0.15) is 0 Å². The predicted octanol–water partition coefficient (Wildman–Crippen LogP) is 5.20. The molecular formula is C24H21ClN4O2S. The Morgan fingerprint density at radius 2 is 1.84 bits per heavy atom. The number of thioether (sulfide) groups is 1. The maximum atomic E-state index is 13.0. The first-order valence-electron chi connectivity index (χ1n) is 9.87. The molecule has 0 radical (unpaired) electrons. The molecule has 8 heteroatoms. The number of nitrogens with one attached hydrogen (secondary N) is 1. The van der Waals surface area contributed by atoms with Crippen LogP contribution in [0, 0.1) is 0 Å². The van der Waals surface area contributed by atoms with Crippen LogP contribution < -0.4 is 10.1 Å². The first kappa shape index (κ1) is 21.9. The Bertz CT molecular complexity index is 1270. The van der Waals surface area contributed by atoms with Gasteiger partial charge in [0.2, 0.25) is 0 Å². The summed E-state index contributed by atoms with van der Waals surface area (Å²) in [6.45, 7) is 3.95. The van der Waals surface area contributed by atoms with Crippen LogP contribution >= 0.6 is 23.4 Å². The lowest BCUT2D eigenvalue weighted by atomic mass is 10.0. The van der Waals surface area contributed by atoms with Crippen molar-refractivity contribution >= 4 is 40.0 Å². The van der Waals surface area contributed by atoms with Crippen molar-refractivity contribution in [1.29, 1.82) is 0 Å². The van der Waals surface area contributed by atoms with Gasteiger partial charge in [-0.15, -0.1) is 10.2 Å². The first-order valence-corrected chi connectivity index (χ1v) is 11.2. The van der Waals surface area contributed by atoms with Crippen LogP contribution in [-0.4, -0.2) is 33.5 Å². The third-order valence-electron chi connectivity index (χ3n) is 4.83. The number of methoxy groups -OCH3 is 1. The van der Waals surface area contributed by atoms with Crippen LogP contribution in [0.1, 0.15) is 16.2 Å². The fourth-order valence-corrected chi connectivity index (χ4v) is 4.21. The largest absolute Gasteiger partial charge is 0.497 e. The quantitative estimate of drug-likeness (QED) is 0.363. The molecule has 0 aliphatic heterocycles. The van der Waals surface area contributed by atoms with Gasteiger partial charge in [-0.25, -0.2) is 0 Å². The number of rotatable bonds is 8. The average Bonchev–Trinajstić information content (AvgIpc) is 3.23. The molecule has 32 heavy (non-hydrogen) atoms. The van der Waals surface area contributed by atoms with Gasteiger partial charge in [0.15, 0.2) is 11.0 Å². The smallest absolute Gasteiger partial charge is 0.252 e. The molecule has 0 atom stereocenters. The molecule has 0 unspecified atom stereocenters. The van der Waals surface area contributed by atoms with Crippen LogP contribution in [0.25, 0.3) is 16.5 Å². The molecular weight excluding hydrogens is 444 g/mol. The summed E-state index contributed by atoms with van der Waals surface area (Å²) in [5.74, 6) is 1.68. The molecule has 162 valence electrons. The highest BCUT2D eigenvalue weighted by Gasteiger charge is 2.17. The van der Waals surface area contributed by atoms with Gasteiger partial charge in [0.1, 0.15) is 5.75 Å². The third kappa shape index (κ3) is 4.79. The molecule has 0 spiro atoms. The van der Waals surface area contributed by atoms with Crippen LogP contribution in [-0.2, 0) is 6.54 Å². The van der Waals surface area contributed by atoms with E-state index in [1.165, 1.54) is 11.8 Å². The molecule has 1 amide bonds. The second-order valence-corrected chi connectivity index (χ2v) is 8.42. The zero-order valence-electron chi connectivity index (χ0n) is 17.4. The normalized spacial score (nSPS) is 10.8. The number of halogens is 1. The zero-order chi connectivity index (χ0) is 22.5. The second-order valence-electron chi connectivity index (χ2n) is 6.95. The van der Waals surface area contributed by atoms with Gasteiger partial charge in [0.05, 0.1) is 13.7 Å². The van der Waals surface area contributed by atoms with E-state index in [9.17, 15) is 4.79 Å². The van der Waals surface area contributed by atoms with E-state index >= 15 is 0 Å². The summed E-state index contributed by atoms with van der Waals surface area (Å²) in [5.41, 5.74) is 1.47. The van der Waals surface area contributed by atoms with Gasteiger partial charge < -0.3 is 10.1 Å². The maximum Gasteiger partial charge on any atom is 0.252 e. The van der Waals surface area contributed by atoms with Crippen molar-refractivity contribution in [1.82, 2.24) is 20.1 Å². The highest BCUT2D eigenvalue weighted by molar-refractivity contribution is 7.99. The number of amides is 1. The molecule has 6 nitrogen and oxygen atoms in total. The van der Waals surface area contributed by atoms with E-state index in [2.05, 4.69) is 22.1 Å². The maximum absolute atomic E-state index is 13.0. The molecule has 0 aliphatic carbocycles. The van der Waals surface area contributed by atoms with Crippen molar-refractivity contribution in [3.63, 3.8) is 0 Å². The van der Waals surface area contributed by atoms with Gasteiger partial charge in [-0.3, -0.25) is 9.36 Å². The van der Waals surface area contributed by atoms with E-state index in [4.69, 9.17) is 16.3 Å². The van der Waals surface area contributed by atoms with Gasteiger partial charge in [0, 0.05) is 22.0 Å². The topological polar surface area (TPSA) is 69.0 Å². The molecule has 1 N–H and O–H groups in total. The number of benzene rings is 3. The Kier molecular flexibility index (Phi) is 6.78. The van der Waals surface area contributed by atoms with Crippen molar-refractivity contribution in [3.8, 4) is 11.4 Å². The fourth-order valence-electron chi connectivity index (χ4n) is 3.32. The molecule has 1 aromatic heterocycles. The number of aromatic nitrogens is 3. The summed E-state index contributed by atoms with van der Waals surface area (Å²) < 4.78 is 7.15. The molecule has 1 heterocycles. The van der Waals surface area contributed by atoms with Gasteiger partial charge in [0.25, 0.3) is 5.91 Å². The van der Waals surface area contributed by atoms with Crippen molar-refractivity contribution in [3.05, 3.63) is 89.7 Å². The first-order chi connectivity index (χ1) is 15.6. The van der Waals surface area contributed by atoms with Crippen molar-refractivity contribution < 1.29 is 9.53 Å². The Morgan fingerprint density at radius 1 is 1.09 bits per heavy atom. The molecule has 0 aliphatic rings. The Hall–Kier alpha value is -3.29. The lowest BCUT2D eigenvalue weighted by molar-refractivity contribution is 0.0951. The summed E-state index contributed by atoms with van der Waals surface area (Å²) in [5, 5.41) is 14.7. The number of ether oxygens (including phenoxy) is 1. The Balaban J connectivity index is 1.61. The Morgan fingerprint density at radius 3 is 2.59 bits per heavy atom. The van der Waals surface area contributed by atoms with Crippen LogP contribution in [0.4, 0.5) is 0 Å². The van der Waals surface area contributed by atoms with E-state index in [-0.39, 0.29) is 12.5 Å². The number of hydrogen-bond acceptors (Lipinski definition) is 5. The van der Waals surface area contributed by atoms with Crippen LogP contribution in [0.5, 0.6) is 5.75 Å².